The number of halogens is 3. The number of aromatic carboxylic acids is 1. The third kappa shape index (κ3) is 5.58. The molecule has 0 aliphatic carbocycles. The van der Waals surface area contributed by atoms with Crippen molar-refractivity contribution in [3.63, 3.8) is 0 Å². The Morgan fingerprint density at radius 1 is 1.05 bits per heavy atom. The zero-order valence-electron chi connectivity index (χ0n) is 21.2. The molecular formula is C27H28F3N5O2. The predicted octanol–water partition coefficient (Wildman–Crippen LogP) is 6.41. The first-order valence-electron chi connectivity index (χ1n) is 11.8. The van der Waals surface area contributed by atoms with E-state index in [4.69, 9.17) is 0 Å². The van der Waals surface area contributed by atoms with Gasteiger partial charge in [-0.2, -0.15) is 13.2 Å². The number of carbonyl (C=O) groups is 1. The topological polar surface area (TPSA) is 92.9 Å². The molecule has 2 N–H and O–H groups in total. The van der Waals surface area contributed by atoms with Crippen LogP contribution in [0.2, 0.25) is 0 Å². The maximum atomic E-state index is 13.1. The zero-order valence-corrected chi connectivity index (χ0v) is 21.2. The van der Waals surface area contributed by atoms with Crippen LogP contribution < -0.4 is 5.32 Å². The summed E-state index contributed by atoms with van der Waals surface area (Å²) in [4.78, 5) is 25.0. The van der Waals surface area contributed by atoms with Crippen LogP contribution in [0.25, 0.3) is 22.6 Å². The maximum absolute atomic E-state index is 13.1. The average Bonchev–Trinajstić information content (AvgIpc) is 3.16. The first-order valence-corrected chi connectivity index (χ1v) is 11.8. The molecule has 4 rings (SSSR count). The Balaban J connectivity index is 1.95. The normalized spacial score (nSPS) is 13.1. The zero-order chi connectivity index (χ0) is 27.1. The SMILES string of the molecule is Cc1cccc(-c2nc3nc(C(=O)O)nc(N[C@H](C)C(C)(C)C)c3n2Cc2ccc(C(F)(F)F)cc2)c1. The summed E-state index contributed by atoms with van der Waals surface area (Å²) in [5, 5.41) is 13.0. The Hall–Kier alpha value is -3.95. The minimum atomic E-state index is -4.44. The van der Waals surface area contributed by atoms with Crippen molar-refractivity contribution in [1.29, 1.82) is 0 Å². The molecule has 0 amide bonds. The van der Waals surface area contributed by atoms with Gasteiger partial charge >= 0.3 is 12.1 Å². The van der Waals surface area contributed by atoms with Gasteiger partial charge in [-0.05, 0) is 43.0 Å². The van der Waals surface area contributed by atoms with Crippen LogP contribution in [0, 0.1) is 12.3 Å². The average molecular weight is 512 g/mol. The summed E-state index contributed by atoms with van der Waals surface area (Å²) in [5.41, 5.74) is 2.09. The lowest BCUT2D eigenvalue weighted by Gasteiger charge is -2.29. The minimum Gasteiger partial charge on any atom is -0.475 e. The molecule has 4 aromatic rings. The smallest absolute Gasteiger partial charge is 0.416 e. The number of nitrogens with zero attached hydrogens (tertiary/aromatic N) is 4. The van der Waals surface area contributed by atoms with E-state index >= 15 is 0 Å². The number of hydrogen-bond acceptors (Lipinski definition) is 5. The summed E-state index contributed by atoms with van der Waals surface area (Å²) in [7, 11) is 0. The highest BCUT2D eigenvalue weighted by Gasteiger charge is 2.30. The Morgan fingerprint density at radius 2 is 1.73 bits per heavy atom. The molecule has 7 nitrogen and oxygen atoms in total. The number of rotatable bonds is 6. The molecule has 0 spiro atoms. The van der Waals surface area contributed by atoms with Gasteiger partial charge < -0.3 is 15.0 Å². The van der Waals surface area contributed by atoms with Crippen molar-refractivity contribution in [2.75, 3.05) is 5.32 Å². The highest BCUT2D eigenvalue weighted by Crippen LogP contribution is 2.33. The summed E-state index contributed by atoms with van der Waals surface area (Å²) in [5.74, 6) is -0.890. The summed E-state index contributed by atoms with van der Waals surface area (Å²) >= 11 is 0. The van der Waals surface area contributed by atoms with E-state index in [2.05, 4.69) is 20.3 Å². The molecule has 0 saturated heterocycles. The summed E-state index contributed by atoms with van der Waals surface area (Å²) in [6.07, 6.45) is -4.44. The molecular weight excluding hydrogens is 483 g/mol. The third-order valence-corrected chi connectivity index (χ3v) is 6.34. The Bertz CT molecular complexity index is 1450. The fraction of sp³-hybridized carbons (Fsp3) is 0.333. The number of nitrogens with one attached hydrogen (secondary N) is 1. The number of imidazole rings is 1. The van der Waals surface area contributed by atoms with Gasteiger partial charge in [0.2, 0.25) is 5.82 Å². The number of carboxylic acids is 1. The third-order valence-electron chi connectivity index (χ3n) is 6.34. The fourth-order valence-electron chi connectivity index (χ4n) is 3.79. The first kappa shape index (κ1) is 26.1. The molecule has 10 heteroatoms. The summed E-state index contributed by atoms with van der Waals surface area (Å²) in [6, 6.07) is 12.4. The number of alkyl halides is 3. The fourth-order valence-corrected chi connectivity index (χ4v) is 3.79. The van der Waals surface area contributed by atoms with E-state index in [1.807, 2.05) is 63.5 Å². The van der Waals surface area contributed by atoms with Gasteiger partial charge in [-0.25, -0.2) is 19.7 Å². The van der Waals surface area contributed by atoms with Gasteiger partial charge in [0, 0.05) is 18.2 Å². The lowest BCUT2D eigenvalue weighted by molar-refractivity contribution is -0.137. The van der Waals surface area contributed by atoms with E-state index in [-0.39, 0.29) is 23.6 Å². The van der Waals surface area contributed by atoms with Crippen LogP contribution in [0.5, 0.6) is 0 Å². The van der Waals surface area contributed by atoms with Gasteiger partial charge in [0.15, 0.2) is 11.5 Å². The Kier molecular flexibility index (Phi) is 6.70. The van der Waals surface area contributed by atoms with Crippen LogP contribution in [0.15, 0.2) is 48.5 Å². The maximum Gasteiger partial charge on any atom is 0.416 e. The van der Waals surface area contributed by atoms with E-state index in [0.717, 1.165) is 23.3 Å². The van der Waals surface area contributed by atoms with Crippen LogP contribution >= 0.6 is 0 Å². The van der Waals surface area contributed by atoms with Gasteiger partial charge in [-0.1, -0.05) is 56.7 Å². The van der Waals surface area contributed by atoms with Crippen LogP contribution in [0.1, 0.15) is 55.0 Å². The van der Waals surface area contributed by atoms with Gasteiger partial charge in [0.25, 0.3) is 0 Å². The van der Waals surface area contributed by atoms with Gasteiger partial charge in [0.1, 0.15) is 11.3 Å². The Morgan fingerprint density at radius 3 is 2.30 bits per heavy atom. The summed E-state index contributed by atoms with van der Waals surface area (Å²) in [6.45, 7) is 10.2. The number of fused-ring (bicyclic) bond motifs is 1. The number of hydrogen-bond donors (Lipinski definition) is 2. The first-order chi connectivity index (χ1) is 17.2. The van der Waals surface area contributed by atoms with Crippen molar-refractivity contribution in [2.45, 2.75) is 53.4 Å². The van der Waals surface area contributed by atoms with Crippen molar-refractivity contribution < 1.29 is 23.1 Å². The predicted molar refractivity (Wildman–Crippen MR) is 136 cm³/mol. The number of carboxylic acid groups (broad SMARTS) is 1. The van der Waals surface area contributed by atoms with E-state index in [1.54, 1.807) is 0 Å². The molecule has 0 aliphatic heterocycles. The number of aryl methyl sites for hydroxylation is 1. The van der Waals surface area contributed by atoms with E-state index in [0.29, 0.717) is 22.7 Å². The second-order valence-electron chi connectivity index (χ2n) is 10.2. The standard InChI is InChI=1S/C27H28F3N5O2/c1-15-7-6-8-18(13-15)24-34-22-20(35(24)14-17-9-11-19(12-10-17)27(28,29)30)21(31-16(2)26(3,4)5)32-23(33-22)25(36)37/h6-13,16H,14H2,1-5H3,(H,36,37)(H,31,32,33)/t16-/m1/s1. The molecule has 0 saturated carbocycles. The van der Waals surface area contributed by atoms with Gasteiger partial charge in [-0.15, -0.1) is 0 Å². The lowest BCUT2D eigenvalue weighted by atomic mass is 9.88. The molecule has 0 bridgehead atoms. The Labute approximate surface area is 212 Å². The van der Waals surface area contributed by atoms with Crippen molar-refractivity contribution in [3.05, 3.63) is 71.0 Å². The van der Waals surface area contributed by atoms with Crippen LogP contribution in [-0.2, 0) is 12.7 Å². The number of benzene rings is 2. The van der Waals surface area contributed by atoms with E-state index in [9.17, 15) is 23.1 Å². The molecule has 0 fully saturated rings. The quantitative estimate of drug-likeness (QED) is 0.311. The van der Waals surface area contributed by atoms with Gasteiger partial charge in [-0.3, -0.25) is 0 Å². The monoisotopic (exact) mass is 511 g/mol. The lowest BCUT2D eigenvalue weighted by Crippen LogP contribution is -2.31. The molecule has 0 unspecified atom stereocenters. The van der Waals surface area contributed by atoms with Crippen molar-refractivity contribution in [2.24, 2.45) is 5.41 Å². The molecule has 2 aromatic heterocycles. The van der Waals surface area contributed by atoms with E-state index in [1.165, 1.54) is 12.1 Å². The summed E-state index contributed by atoms with van der Waals surface area (Å²) < 4.78 is 41.2. The van der Waals surface area contributed by atoms with Crippen molar-refractivity contribution in [1.82, 2.24) is 19.5 Å². The second-order valence-corrected chi connectivity index (χ2v) is 10.2. The molecule has 37 heavy (non-hydrogen) atoms. The second kappa shape index (κ2) is 9.49. The largest absolute Gasteiger partial charge is 0.475 e. The molecule has 0 radical (unpaired) electrons. The molecule has 2 heterocycles. The van der Waals surface area contributed by atoms with Crippen molar-refractivity contribution in [3.8, 4) is 11.4 Å². The van der Waals surface area contributed by atoms with Gasteiger partial charge in [0.05, 0.1) is 5.56 Å². The molecule has 1 atom stereocenters. The van der Waals surface area contributed by atoms with Crippen LogP contribution in [0.3, 0.4) is 0 Å². The van der Waals surface area contributed by atoms with Crippen molar-refractivity contribution >= 4 is 23.0 Å². The molecule has 2 aromatic carbocycles. The number of anilines is 1. The molecule has 194 valence electrons. The molecule has 0 aliphatic rings. The minimum absolute atomic E-state index is 0.107. The van der Waals surface area contributed by atoms with Crippen LogP contribution in [0.4, 0.5) is 19.0 Å². The van der Waals surface area contributed by atoms with Crippen LogP contribution in [-0.4, -0.2) is 36.6 Å². The number of aromatic nitrogens is 4. The highest BCUT2D eigenvalue weighted by atomic mass is 19.4. The highest BCUT2D eigenvalue weighted by molar-refractivity contribution is 5.92. The van der Waals surface area contributed by atoms with E-state index < -0.39 is 23.5 Å².